The standard InChI is InChI=1S/C10H12S/c1-4-8(3)10-9(5-2)6-7-11-10/h1,6-8H,5H2,2-3H3. The molecule has 0 nitrogen and oxygen atoms in total. The van der Waals surface area contributed by atoms with Crippen LogP contribution in [0.1, 0.15) is 30.2 Å². The molecule has 1 heterocycles. The lowest BCUT2D eigenvalue weighted by atomic mass is 10.1. The maximum Gasteiger partial charge on any atom is 0.0518 e. The molecule has 0 saturated heterocycles. The number of hydrogen-bond acceptors (Lipinski definition) is 1. The third-order valence-electron chi connectivity index (χ3n) is 1.80. The molecule has 0 fully saturated rings. The molecule has 0 spiro atoms. The molecule has 11 heavy (non-hydrogen) atoms. The van der Waals surface area contributed by atoms with Crippen molar-refractivity contribution in [3.05, 3.63) is 21.9 Å². The Kier molecular flexibility index (Phi) is 2.73. The molecule has 1 atom stereocenters. The smallest absolute Gasteiger partial charge is 0.0518 e. The van der Waals surface area contributed by atoms with Crippen LogP contribution in [-0.4, -0.2) is 0 Å². The van der Waals surface area contributed by atoms with Crippen molar-refractivity contribution in [3.8, 4) is 12.3 Å². The topological polar surface area (TPSA) is 0 Å². The molecule has 0 aliphatic rings. The quantitative estimate of drug-likeness (QED) is 0.589. The minimum Gasteiger partial charge on any atom is -0.147 e. The molecule has 0 aromatic carbocycles. The molecule has 1 rings (SSSR count). The molecular weight excluding hydrogens is 152 g/mol. The fraction of sp³-hybridized carbons (Fsp3) is 0.400. The van der Waals surface area contributed by atoms with Crippen molar-refractivity contribution in [3.63, 3.8) is 0 Å². The Bertz CT molecular complexity index is 265. The van der Waals surface area contributed by atoms with E-state index in [2.05, 4.69) is 31.2 Å². The summed E-state index contributed by atoms with van der Waals surface area (Å²) in [6.07, 6.45) is 6.43. The van der Waals surface area contributed by atoms with Crippen LogP contribution in [0, 0.1) is 12.3 Å². The zero-order chi connectivity index (χ0) is 8.27. The van der Waals surface area contributed by atoms with Crippen molar-refractivity contribution in [2.45, 2.75) is 26.2 Å². The summed E-state index contributed by atoms with van der Waals surface area (Å²) in [5.74, 6) is 3.03. The predicted octanol–water partition coefficient (Wildman–Crippen LogP) is 3.05. The fourth-order valence-corrected chi connectivity index (χ4v) is 2.11. The number of aryl methyl sites for hydroxylation is 1. The molecule has 1 aromatic rings. The van der Waals surface area contributed by atoms with Gasteiger partial charge in [0.15, 0.2) is 0 Å². The zero-order valence-electron chi connectivity index (χ0n) is 6.92. The first-order valence-electron chi connectivity index (χ1n) is 3.82. The molecule has 1 unspecified atom stereocenters. The molecule has 58 valence electrons. The van der Waals surface area contributed by atoms with E-state index in [4.69, 9.17) is 6.42 Å². The minimum absolute atomic E-state index is 0.282. The lowest BCUT2D eigenvalue weighted by molar-refractivity contribution is 0.992. The van der Waals surface area contributed by atoms with Gasteiger partial charge in [0.05, 0.1) is 5.92 Å². The van der Waals surface area contributed by atoms with E-state index in [1.165, 1.54) is 10.4 Å². The Morgan fingerprint density at radius 3 is 3.00 bits per heavy atom. The molecule has 0 amide bonds. The number of hydrogen-bond donors (Lipinski definition) is 0. The highest BCUT2D eigenvalue weighted by Gasteiger charge is 2.07. The van der Waals surface area contributed by atoms with Gasteiger partial charge < -0.3 is 0 Å². The third kappa shape index (κ3) is 1.64. The van der Waals surface area contributed by atoms with Crippen molar-refractivity contribution < 1.29 is 0 Å². The van der Waals surface area contributed by atoms with E-state index < -0.39 is 0 Å². The summed E-state index contributed by atoms with van der Waals surface area (Å²) < 4.78 is 0. The number of thiophene rings is 1. The maximum absolute atomic E-state index is 5.34. The Morgan fingerprint density at radius 2 is 2.45 bits per heavy atom. The average molecular weight is 164 g/mol. The Labute approximate surface area is 72.3 Å². The number of rotatable bonds is 2. The van der Waals surface area contributed by atoms with Gasteiger partial charge in [0.2, 0.25) is 0 Å². The average Bonchev–Trinajstić information content (AvgIpc) is 2.50. The van der Waals surface area contributed by atoms with Crippen LogP contribution in [-0.2, 0) is 6.42 Å². The van der Waals surface area contributed by atoms with Crippen LogP contribution < -0.4 is 0 Å². The Hall–Kier alpha value is -0.740. The maximum atomic E-state index is 5.34. The lowest BCUT2D eigenvalue weighted by Crippen LogP contribution is -1.89. The molecule has 0 saturated carbocycles. The molecule has 0 aliphatic heterocycles. The molecule has 0 radical (unpaired) electrons. The molecule has 0 bridgehead atoms. The summed E-state index contributed by atoms with van der Waals surface area (Å²) in [7, 11) is 0. The SMILES string of the molecule is C#CC(C)c1sccc1CC. The van der Waals surface area contributed by atoms with Crippen molar-refractivity contribution in [2.24, 2.45) is 0 Å². The molecule has 1 heteroatoms. The summed E-state index contributed by atoms with van der Waals surface area (Å²) >= 11 is 1.76. The van der Waals surface area contributed by atoms with Crippen LogP contribution in [0.25, 0.3) is 0 Å². The molecular formula is C10H12S. The second-order valence-corrected chi connectivity index (χ2v) is 3.50. The van der Waals surface area contributed by atoms with Crippen LogP contribution in [0.2, 0.25) is 0 Å². The van der Waals surface area contributed by atoms with Gasteiger partial charge in [-0.2, -0.15) is 0 Å². The molecule has 0 aliphatic carbocycles. The normalized spacial score (nSPS) is 12.5. The minimum atomic E-state index is 0.282. The Morgan fingerprint density at radius 1 is 1.73 bits per heavy atom. The van der Waals surface area contributed by atoms with E-state index in [0.29, 0.717) is 0 Å². The van der Waals surface area contributed by atoms with Gasteiger partial charge in [-0.05, 0) is 30.4 Å². The fourth-order valence-electron chi connectivity index (χ4n) is 1.10. The monoisotopic (exact) mass is 164 g/mol. The second-order valence-electron chi connectivity index (χ2n) is 2.55. The van der Waals surface area contributed by atoms with Crippen LogP contribution >= 0.6 is 11.3 Å². The largest absolute Gasteiger partial charge is 0.147 e. The predicted molar refractivity (Wildman–Crippen MR) is 50.9 cm³/mol. The number of terminal acetylenes is 1. The van der Waals surface area contributed by atoms with Crippen LogP contribution in [0.4, 0.5) is 0 Å². The summed E-state index contributed by atoms with van der Waals surface area (Å²) in [6, 6.07) is 2.16. The summed E-state index contributed by atoms with van der Waals surface area (Å²) in [5, 5.41) is 2.11. The van der Waals surface area contributed by atoms with E-state index in [1.54, 1.807) is 11.3 Å². The highest BCUT2D eigenvalue weighted by atomic mass is 32.1. The van der Waals surface area contributed by atoms with Gasteiger partial charge >= 0.3 is 0 Å². The van der Waals surface area contributed by atoms with Gasteiger partial charge in [0.1, 0.15) is 0 Å². The van der Waals surface area contributed by atoms with Gasteiger partial charge in [-0.25, -0.2) is 0 Å². The van der Waals surface area contributed by atoms with Crippen LogP contribution in [0.5, 0.6) is 0 Å². The first-order chi connectivity index (χ1) is 5.29. The van der Waals surface area contributed by atoms with Crippen LogP contribution in [0.15, 0.2) is 11.4 Å². The van der Waals surface area contributed by atoms with Crippen molar-refractivity contribution in [1.29, 1.82) is 0 Å². The third-order valence-corrected chi connectivity index (χ3v) is 2.95. The van der Waals surface area contributed by atoms with E-state index in [1.807, 2.05) is 0 Å². The van der Waals surface area contributed by atoms with E-state index in [0.717, 1.165) is 6.42 Å². The van der Waals surface area contributed by atoms with Gasteiger partial charge in [0.25, 0.3) is 0 Å². The summed E-state index contributed by atoms with van der Waals surface area (Å²) in [5.41, 5.74) is 1.40. The van der Waals surface area contributed by atoms with Gasteiger partial charge in [-0.15, -0.1) is 17.8 Å². The van der Waals surface area contributed by atoms with E-state index in [-0.39, 0.29) is 5.92 Å². The summed E-state index contributed by atoms with van der Waals surface area (Å²) in [6.45, 7) is 4.24. The first kappa shape index (κ1) is 8.36. The van der Waals surface area contributed by atoms with Crippen molar-refractivity contribution >= 4 is 11.3 Å². The second kappa shape index (κ2) is 3.59. The summed E-state index contributed by atoms with van der Waals surface area (Å²) in [4.78, 5) is 1.36. The lowest BCUT2D eigenvalue weighted by Gasteiger charge is -2.02. The molecule has 1 aromatic heterocycles. The first-order valence-corrected chi connectivity index (χ1v) is 4.70. The molecule has 0 N–H and O–H groups in total. The van der Waals surface area contributed by atoms with Gasteiger partial charge in [-0.3, -0.25) is 0 Å². The van der Waals surface area contributed by atoms with Crippen LogP contribution in [0.3, 0.4) is 0 Å². The highest BCUT2D eigenvalue weighted by Crippen LogP contribution is 2.25. The highest BCUT2D eigenvalue weighted by molar-refractivity contribution is 7.10. The Balaban J connectivity index is 2.94. The zero-order valence-corrected chi connectivity index (χ0v) is 7.74. The van der Waals surface area contributed by atoms with Crippen molar-refractivity contribution in [2.75, 3.05) is 0 Å². The van der Waals surface area contributed by atoms with Gasteiger partial charge in [0, 0.05) is 4.88 Å². The van der Waals surface area contributed by atoms with E-state index in [9.17, 15) is 0 Å². The van der Waals surface area contributed by atoms with Gasteiger partial charge in [-0.1, -0.05) is 12.8 Å². The van der Waals surface area contributed by atoms with Crippen molar-refractivity contribution in [1.82, 2.24) is 0 Å². The van der Waals surface area contributed by atoms with E-state index >= 15 is 0 Å².